The fourth-order valence-electron chi connectivity index (χ4n) is 3.71. The molecule has 0 saturated heterocycles. The van der Waals surface area contributed by atoms with Crippen molar-refractivity contribution in [3.8, 4) is 0 Å². The Labute approximate surface area is 263 Å². The number of nitrogens with zero attached hydrogens (tertiary/aromatic N) is 1. The lowest BCUT2D eigenvalue weighted by atomic mass is 9.90. The Hall–Kier alpha value is -1.97. The molecule has 0 aromatic carbocycles. The lowest BCUT2D eigenvalue weighted by Crippen LogP contribution is -2.33. The number of carbonyl (C=O) groups excluding carboxylic acids is 3. The molecule has 0 atom stereocenters. The smallest absolute Gasteiger partial charge is 0.253 e. The molecule has 3 amide bonds. The Morgan fingerprint density at radius 2 is 0.955 bits per heavy atom. The zero-order chi connectivity index (χ0) is 32.1. The van der Waals surface area contributed by atoms with Crippen molar-refractivity contribution in [3.05, 3.63) is 12.2 Å². The predicted molar refractivity (Wildman–Crippen MR) is 163 cm³/mol. The van der Waals surface area contributed by atoms with Gasteiger partial charge in [0.05, 0.1) is 112 Å². The van der Waals surface area contributed by atoms with Crippen LogP contribution in [0.25, 0.3) is 0 Å². The largest absolute Gasteiger partial charge is 0.379 e. The van der Waals surface area contributed by atoms with Gasteiger partial charge in [0.1, 0.15) is 0 Å². The van der Waals surface area contributed by atoms with Gasteiger partial charge in [-0.2, -0.15) is 0 Å². The van der Waals surface area contributed by atoms with Crippen molar-refractivity contribution in [1.82, 2.24) is 10.2 Å². The standard InChI is InChI=1S/C31H56N2O11/c1-31(2,3)9-4-5-10-32-28(34)8-12-37-14-16-39-18-20-41-22-24-43-26-27-44-25-23-42-21-19-40-17-15-38-13-11-33-29(35)6-7-30(33)36/h6-7H,4-5,8-27H2,1-3H3,(H,32,34). The molecule has 13 nitrogen and oxygen atoms in total. The fourth-order valence-corrected chi connectivity index (χ4v) is 3.71. The Balaban J connectivity index is 1.67. The number of carbonyl (C=O) groups is 3. The van der Waals surface area contributed by atoms with E-state index in [1.807, 2.05) is 0 Å². The van der Waals surface area contributed by atoms with Gasteiger partial charge in [0.15, 0.2) is 0 Å². The molecule has 0 saturated carbocycles. The number of imide groups is 1. The van der Waals surface area contributed by atoms with Crippen molar-refractivity contribution < 1.29 is 52.3 Å². The molecule has 256 valence electrons. The zero-order valence-corrected chi connectivity index (χ0v) is 27.1. The SMILES string of the molecule is CC(C)(C)CCCCNC(=O)CCOCCOCCOCCOCCOCCOCCOCCOCCN1C(=O)C=CC1=O. The minimum absolute atomic E-state index is 0.0282. The molecular weight excluding hydrogens is 576 g/mol. The minimum atomic E-state index is -0.307. The molecule has 0 aliphatic carbocycles. The highest BCUT2D eigenvalue weighted by atomic mass is 16.6. The third-order valence-electron chi connectivity index (χ3n) is 6.11. The molecule has 1 aliphatic rings. The van der Waals surface area contributed by atoms with Crippen LogP contribution >= 0.6 is 0 Å². The van der Waals surface area contributed by atoms with Crippen molar-refractivity contribution in [2.75, 3.05) is 119 Å². The van der Waals surface area contributed by atoms with E-state index in [0.717, 1.165) is 30.7 Å². The van der Waals surface area contributed by atoms with Crippen LogP contribution < -0.4 is 5.32 Å². The van der Waals surface area contributed by atoms with Crippen molar-refractivity contribution in [2.45, 2.75) is 46.5 Å². The summed E-state index contributed by atoms with van der Waals surface area (Å²) in [6, 6.07) is 0. The number of unbranched alkanes of at least 4 members (excludes halogenated alkanes) is 1. The summed E-state index contributed by atoms with van der Waals surface area (Å²) >= 11 is 0. The molecular formula is C31H56N2O11. The van der Waals surface area contributed by atoms with E-state index in [2.05, 4.69) is 26.1 Å². The van der Waals surface area contributed by atoms with E-state index in [-0.39, 0.29) is 30.9 Å². The Kier molecular flexibility index (Phi) is 24.9. The van der Waals surface area contributed by atoms with Gasteiger partial charge >= 0.3 is 0 Å². The highest BCUT2D eigenvalue weighted by Crippen LogP contribution is 2.21. The van der Waals surface area contributed by atoms with Gasteiger partial charge in [0.2, 0.25) is 5.91 Å². The summed E-state index contributed by atoms with van der Waals surface area (Å²) < 4.78 is 43.5. The Bertz CT molecular complexity index is 756. The lowest BCUT2D eigenvalue weighted by molar-refractivity contribution is -0.137. The monoisotopic (exact) mass is 632 g/mol. The molecule has 1 heterocycles. The second kappa shape index (κ2) is 27.3. The maximum Gasteiger partial charge on any atom is 0.253 e. The van der Waals surface area contributed by atoms with Crippen LogP contribution in [0.15, 0.2) is 12.2 Å². The van der Waals surface area contributed by atoms with Crippen LogP contribution in [0.5, 0.6) is 0 Å². The van der Waals surface area contributed by atoms with Gasteiger partial charge in [-0.1, -0.05) is 27.2 Å². The molecule has 44 heavy (non-hydrogen) atoms. The molecule has 0 aromatic heterocycles. The second-order valence-corrected chi connectivity index (χ2v) is 11.2. The quantitative estimate of drug-likeness (QED) is 0.0883. The first-order valence-corrected chi connectivity index (χ1v) is 15.7. The normalized spacial score (nSPS) is 13.4. The van der Waals surface area contributed by atoms with Gasteiger partial charge in [0, 0.05) is 25.1 Å². The third-order valence-corrected chi connectivity index (χ3v) is 6.11. The van der Waals surface area contributed by atoms with Crippen LogP contribution in [-0.2, 0) is 52.3 Å². The molecule has 13 heteroatoms. The van der Waals surface area contributed by atoms with Gasteiger partial charge < -0.3 is 43.2 Å². The average molecular weight is 633 g/mol. The van der Waals surface area contributed by atoms with E-state index in [1.165, 1.54) is 12.2 Å². The number of hydrogen-bond acceptors (Lipinski definition) is 11. The topological polar surface area (TPSA) is 140 Å². The van der Waals surface area contributed by atoms with E-state index in [0.29, 0.717) is 111 Å². The Morgan fingerprint density at radius 1 is 0.591 bits per heavy atom. The number of amides is 3. The molecule has 0 unspecified atom stereocenters. The van der Waals surface area contributed by atoms with Crippen molar-refractivity contribution in [2.24, 2.45) is 5.41 Å². The molecule has 0 bridgehead atoms. The first kappa shape index (κ1) is 40.1. The van der Waals surface area contributed by atoms with Gasteiger partial charge in [0.25, 0.3) is 11.8 Å². The molecule has 0 radical (unpaired) electrons. The van der Waals surface area contributed by atoms with Crippen LogP contribution in [0.1, 0.15) is 46.5 Å². The summed E-state index contributed by atoms with van der Waals surface area (Å²) in [6.45, 7) is 14.7. The van der Waals surface area contributed by atoms with E-state index >= 15 is 0 Å². The van der Waals surface area contributed by atoms with Crippen LogP contribution in [0.4, 0.5) is 0 Å². The number of ether oxygens (including phenoxy) is 8. The summed E-state index contributed by atoms with van der Waals surface area (Å²) in [5.74, 6) is -0.586. The summed E-state index contributed by atoms with van der Waals surface area (Å²) in [5, 5.41) is 2.93. The first-order valence-electron chi connectivity index (χ1n) is 15.7. The second-order valence-electron chi connectivity index (χ2n) is 11.2. The molecule has 1 aliphatic heterocycles. The number of rotatable bonds is 31. The van der Waals surface area contributed by atoms with E-state index in [4.69, 9.17) is 37.9 Å². The van der Waals surface area contributed by atoms with Gasteiger partial charge in [-0.15, -0.1) is 0 Å². The zero-order valence-electron chi connectivity index (χ0n) is 27.1. The van der Waals surface area contributed by atoms with E-state index in [1.54, 1.807) is 0 Å². The van der Waals surface area contributed by atoms with Gasteiger partial charge in [-0.25, -0.2) is 0 Å². The summed E-state index contributed by atoms with van der Waals surface area (Å²) in [7, 11) is 0. The van der Waals surface area contributed by atoms with Crippen molar-refractivity contribution >= 4 is 17.7 Å². The van der Waals surface area contributed by atoms with Gasteiger partial charge in [-0.05, 0) is 18.3 Å². The fraction of sp³-hybridized carbons (Fsp3) is 0.839. The number of hydrogen-bond donors (Lipinski definition) is 1. The van der Waals surface area contributed by atoms with Crippen LogP contribution in [0, 0.1) is 5.41 Å². The first-order chi connectivity index (χ1) is 21.3. The van der Waals surface area contributed by atoms with Gasteiger partial charge in [-0.3, -0.25) is 19.3 Å². The summed E-state index contributed by atoms with van der Waals surface area (Å²) in [6.07, 6.45) is 6.17. The molecule has 0 aromatic rings. The summed E-state index contributed by atoms with van der Waals surface area (Å²) in [5.41, 5.74) is 0.344. The highest BCUT2D eigenvalue weighted by molar-refractivity contribution is 6.12. The Morgan fingerprint density at radius 3 is 1.34 bits per heavy atom. The number of nitrogens with one attached hydrogen (secondary N) is 1. The highest BCUT2D eigenvalue weighted by Gasteiger charge is 2.22. The maximum absolute atomic E-state index is 11.8. The predicted octanol–water partition coefficient (Wildman–Crippen LogP) is 1.77. The average Bonchev–Trinajstić information content (AvgIpc) is 3.30. The van der Waals surface area contributed by atoms with Crippen molar-refractivity contribution in [3.63, 3.8) is 0 Å². The minimum Gasteiger partial charge on any atom is -0.379 e. The maximum atomic E-state index is 11.8. The molecule has 0 spiro atoms. The van der Waals surface area contributed by atoms with Crippen LogP contribution in [-0.4, -0.2) is 141 Å². The lowest BCUT2D eigenvalue weighted by Gasteiger charge is -2.17. The van der Waals surface area contributed by atoms with E-state index in [9.17, 15) is 14.4 Å². The summed E-state index contributed by atoms with van der Waals surface area (Å²) in [4.78, 5) is 35.7. The molecule has 0 fully saturated rings. The van der Waals surface area contributed by atoms with Crippen LogP contribution in [0.3, 0.4) is 0 Å². The molecule has 1 rings (SSSR count). The van der Waals surface area contributed by atoms with Crippen LogP contribution in [0.2, 0.25) is 0 Å². The molecule has 1 N–H and O–H groups in total. The third kappa shape index (κ3) is 25.4. The van der Waals surface area contributed by atoms with Crippen molar-refractivity contribution in [1.29, 1.82) is 0 Å². The van der Waals surface area contributed by atoms with E-state index < -0.39 is 0 Å².